The van der Waals surface area contributed by atoms with Gasteiger partial charge in [0.2, 0.25) is 0 Å². The van der Waals surface area contributed by atoms with Crippen LogP contribution in [0.25, 0.3) is 0 Å². The Bertz CT molecular complexity index is 385. The van der Waals surface area contributed by atoms with Gasteiger partial charge < -0.3 is 0 Å². The molecule has 3 heteroatoms. The predicted molar refractivity (Wildman–Crippen MR) is 76.9 cm³/mol. The highest BCUT2D eigenvalue weighted by Crippen LogP contribution is 2.18. The van der Waals surface area contributed by atoms with Gasteiger partial charge in [-0.15, -0.1) is 0 Å². The normalized spacial score (nSPS) is 12.6. The zero-order chi connectivity index (χ0) is 12.6. The third-order valence-corrected chi connectivity index (χ3v) is 21.5. The van der Waals surface area contributed by atoms with Gasteiger partial charge in [-0.25, -0.2) is 0 Å². The molecule has 0 atom stereocenters. The summed E-state index contributed by atoms with van der Waals surface area (Å²) in [5.41, 5.74) is 0.823. The molecule has 0 radical (unpaired) electrons. The molecule has 0 aromatic heterocycles. The predicted octanol–water partition coefficient (Wildman–Crippen LogP) is 3.22. The molecule has 0 aliphatic rings. The van der Waals surface area contributed by atoms with Crippen molar-refractivity contribution in [2.45, 2.75) is 39.7 Å². The molecule has 1 nitrogen and oxygen atoms in total. The van der Waals surface area contributed by atoms with Gasteiger partial charge in [0.1, 0.15) is 0 Å². The highest BCUT2D eigenvalue weighted by molar-refractivity contribution is 7.45. The van der Waals surface area contributed by atoms with Crippen LogP contribution >= 0.6 is 0 Å². The lowest BCUT2D eigenvalue weighted by Crippen LogP contribution is -2.61. The number of rotatable bonds is 3. The SMILES string of the molecule is CC(=O)c1ccc([Si](C)(C)[Si](C)(C)C)cc1. The van der Waals surface area contributed by atoms with Crippen LogP contribution in [-0.4, -0.2) is 21.0 Å². The van der Waals surface area contributed by atoms with Crippen molar-refractivity contribution in [1.82, 2.24) is 0 Å². The van der Waals surface area contributed by atoms with Crippen molar-refractivity contribution < 1.29 is 4.79 Å². The largest absolute Gasteiger partial charge is 0.295 e. The highest BCUT2D eigenvalue weighted by atomic mass is 29.3. The monoisotopic (exact) mass is 250 g/mol. The van der Waals surface area contributed by atoms with E-state index in [9.17, 15) is 4.79 Å². The van der Waals surface area contributed by atoms with Gasteiger partial charge in [0, 0.05) is 13.2 Å². The van der Waals surface area contributed by atoms with Crippen molar-refractivity contribution in [3.8, 4) is 0 Å². The fourth-order valence-corrected chi connectivity index (χ4v) is 6.52. The second-order valence-electron chi connectivity index (χ2n) is 6.01. The number of hydrogen-bond donors (Lipinski definition) is 0. The molecule has 1 aromatic carbocycles. The van der Waals surface area contributed by atoms with E-state index in [1.54, 1.807) is 6.92 Å². The molecule has 0 N–H and O–H groups in total. The van der Waals surface area contributed by atoms with Gasteiger partial charge in [0.15, 0.2) is 5.78 Å². The van der Waals surface area contributed by atoms with Gasteiger partial charge in [-0.3, -0.25) is 4.79 Å². The molecular weight excluding hydrogens is 228 g/mol. The number of ketones is 1. The molecule has 0 bridgehead atoms. The molecule has 0 saturated carbocycles. The maximum Gasteiger partial charge on any atom is 0.159 e. The average molecular weight is 250 g/mol. The van der Waals surface area contributed by atoms with Crippen molar-refractivity contribution in [2.75, 3.05) is 0 Å². The first-order chi connectivity index (χ1) is 7.16. The van der Waals surface area contributed by atoms with Crippen molar-refractivity contribution in [1.29, 1.82) is 0 Å². The second kappa shape index (κ2) is 4.30. The van der Waals surface area contributed by atoms with E-state index in [-0.39, 0.29) is 5.78 Å². The Balaban J connectivity index is 3.11. The van der Waals surface area contributed by atoms with Gasteiger partial charge in [0.25, 0.3) is 0 Å². The van der Waals surface area contributed by atoms with E-state index in [2.05, 4.69) is 44.9 Å². The molecule has 16 heavy (non-hydrogen) atoms. The van der Waals surface area contributed by atoms with Gasteiger partial charge in [-0.2, -0.15) is 0 Å². The van der Waals surface area contributed by atoms with E-state index >= 15 is 0 Å². The van der Waals surface area contributed by atoms with Crippen LogP contribution in [0.3, 0.4) is 0 Å². The van der Waals surface area contributed by atoms with Gasteiger partial charge in [0.05, 0.1) is 7.59 Å². The molecular formula is C13H22OSi2. The number of Topliss-reactive ketones (excluding diaryl/α,β-unsaturated/α-hetero) is 1. The summed E-state index contributed by atoms with van der Waals surface area (Å²) in [4.78, 5) is 11.2. The van der Waals surface area contributed by atoms with Crippen LogP contribution in [0.1, 0.15) is 17.3 Å². The van der Waals surface area contributed by atoms with E-state index in [1.165, 1.54) is 5.19 Å². The van der Waals surface area contributed by atoms with Crippen LogP contribution < -0.4 is 5.19 Å². The third kappa shape index (κ3) is 2.52. The van der Waals surface area contributed by atoms with Crippen LogP contribution in [0.15, 0.2) is 24.3 Å². The standard InChI is InChI=1S/C13H22OSi2/c1-11(14)12-7-9-13(10-8-12)16(5,6)15(2,3)4/h7-10H,1-6H3. The lowest BCUT2D eigenvalue weighted by Gasteiger charge is -2.35. The van der Waals surface area contributed by atoms with Gasteiger partial charge in [-0.05, 0) is 6.92 Å². The first-order valence-corrected chi connectivity index (χ1v) is 13.3. The third-order valence-electron chi connectivity index (χ3n) is 3.89. The van der Waals surface area contributed by atoms with Crippen LogP contribution in [-0.2, 0) is 0 Å². The number of benzene rings is 1. The summed E-state index contributed by atoms with van der Waals surface area (Å²) in [5.74, 6) is 0.152. The van der Waals surface area contributed by atoms with Crippen molar-refractivity contribution in [3.63, 3.8) is 0 Å². The van der Waals surface area contributed by atoms with Gasteiger partial charge >= 0.3 is 0 Å². The Morgan fingerprint density at radius 3 is 1.69 bits per heavy atom. The molecule has 0 fully saturated rings. The second-order valence-corrected chi connectivity index (χ2v) is 22.6. The molecule has 0 saturated heterocycles. The smallest absolute Gasteiger partial charge is 0.159 e. The quantitative estimate of drug-likeness (QED) is 0.595. The Morgan fingerprint density at radius 1 is 0.938 bits per heavy atom. The van der Waals surface area contributed by atoms with Crippen molar-refractivity contribution in [2.24, 2.45) is 0 Å². The minimum Gasteiger partial charge on any atom is -0.295 e. The van der Waals surface area contributed by atoms with Crippen LogP contribution in [0.5, 0.6) is 0 Å². The first kappa shape index (κ1) is 13.4. The van der Waals surface area contributed by atoms with E-state index < -0.39 is 15.2 Å². The number of hydrogen-bond acceptors (Lipinski definition) is 1. The molecule has 0 aliphatic heterocycles. The van der Waals surface area contributed by atoms with Gasteiger partial charge in [-0.1, -0.05) is 62.2 Å². The summed E-state index contributed by atoms with van der Waals surface area (Å²) in [6.07, 6.45) is 0. The Hall–Kier alpha value is -0.676. The van der Waals surface area contributed by atoms with Crippen LogP contribution in [0, 0.1) is 0 Å². The van der Waals surface area contributed by atoms with E-state index in [1.807, 2.05) is 12.1 Å². The summed E-state index contributed by atoms with van der Waals surface area (Å²) in [6, 6.07) is 8.29. The molecule has 0 spiro atoms. The fraction of sp³-hybridized carbons (Fsp3) is 0.462. The fourth-order valence-electron chi connectivity index (χ4n) is 1.55. The summed E-state index contributed by atoms with van der Waals surface area (Å²) in [5, 5.41) is 1.48. The van der Waals surface area contributed by atoms with E-state index in [0.29, 0.717) is 0 Å². The van der Waals surface area contributed by atoms with Crippen LogP contribution in [0.4, 0.5) is 0 Å². The zero-order valence-electron chi connectivity index (χ0n) is 11.2. The molecule has 0 heterocycles. The topological polar surface area (TPSA) is 17.1 Å². The minimum atomic E-state index is -1.31. The summed E-state index contributed by atoms with van der Waals surface area (Å²) in [7, 11) is -2.43. The van der Waals surface area contributed by atoms with Crippen molar-refractivity contribution in [3.05, 3.63) is 29.8 Å². The first-order valence-electron chi connectivity index (χ1n) is 5.78. The Kier molecular flexibility index (Phi) is 3.60. The lowest BCUT2D eigenvalue weighted by atomic mass is 10.2. The summed E-state index contributed by atoms with van der Waals surface area (Å²) < 4.78 is 0. The molecule has 0 aliphatic carbocycles. The maximum atomic E-state index is 11.2. The highest BCUT2D eigenvalue weighted by Gasteiger charge is 2.38. The maximum absolute atomic E-state index is 11.2. The average Bonchev–Trinajstić information content (AvgIpc) is 2.16. The molecule has 1 rings (SSSR count). The summed E-state index contributed by atoms with van der Waals surface area (Å²) >= 11 is 0. The minimum absolute atomic E-state index is 0.152. The van der Waals surface area contributed by atoms with E-state index in [0.717, 1.165) is 5.56 Å². The Morgan fingerprint density at radius 2 is 1.38 bits per heavy atom. The molecule has 0 amide bonds. The molecule has 1 aromatic rings. The summed E-state index contributed by atoms with van der Waals surface area (Å²) in [6.45, 7) is 13.8. The zero-order valence-corrected chi connectivity index (χ0v) is 13.2. The van der Waals surface area contributed by atoms with E-state index in [4.69, 9.17) is 0 Å². The molecule has 88 valence electrons. The van der Waals surface area contributed by atoms with Crippen LogP contribution in [0.2, 0.25) is 32.7 Å². The lowest BCUT2D eigenvalue weighted by molar-refractivity contribution is 0.101. The molecule has 0 unspecified atom stereocenters. The number of carbonyl (C=O) groups is 1. The Labute approximate surface area is 101 Å². The number of carbonyl (C=O) groups excluding carboxylic acids is 1. The van der Waals surface area contributed by atoms with Crippen molar-refractivity contribution >= 4 is 26.2 Å².